The molecule has 1 atom stereocenters. The van der Waals surface area contributed by atoms with Crippen LogP contribution in [0.5, 0.6) is 0 Å². The Kier molecular flexibility index (Phi) is 8.33. The molecule has 0 saturated carbocycles. The number of thiophene rings is 1. The fourth-order valence-corrected chi connectivity index (χ4v) is 5.35. The average molecular weight is 488 g/mol. The van der Waals surface area contributed by atoms with Crippen molar-refractivity contribution in [1.82, 2.24) is 14.8 Å². The highest BCUT2D eigenvalue weighted by Gasteiger charge is 2.46. The number of esters is 1. The lowest BCUT2D eigenvalue weighted by atomic mass is 9.97. The molecule has 0 spiro atoms. The standard InChI is InChI=1S/C25H33N3O5S/c1-6-27(7-2)12-10-13-28-21(17-11-9-14-34-17)19(23(30)24(28)31)22(29)18-15(4)20(26-16(18)5)25(32)33-8-3/h9,11,14,21,26,29H,6-8,10,12-13H2,1-5H3/b22-19-. The van der Waals surface area contributed by atoms with Crippen molar-refractivity contribution in [1.29, 1.82) is 0 Å². The Bertz CT molecular complexity index is 1080. The van der Waals surface area contributed by atoms with Gasteiger partial charge in [0.1, 0.15) is 11.5 Å². The van der Waals surface area contributed by atoms with Crippen LogP contribution in [0.15, 0.2) is 23.1 Å². The van der Waals surface area contributed by atoms with Crippen molar-refractivity contribution in [2.24, 2.45) is 0 Å². The number of hydrogen-bond donors (Lipinski definition) is 2. The highest BCUT2D eigenvalue weighted by atomic mass is 32.1. The quantitative estimate of drug-likeness (QED) is 0.227. The second kappa shape index (κ2) is 11.0. The van der Waals surface area contributed by atoms with E-state index < -0.39 is 23.7 Å². The predicted octanol–water partition coefficient (Wildman–Crippen LogP) is 4.02. The molecule has 1 fully saturated rings. The lowest BCUT2D eigenvalue weighted by molar-refractivity contribution is -0.139. The molecular formula is C25H33N3O5S. The number of carbonyl (C=O) groups excluding carboxylic acids is 3. The third-order valence-corrected chi connectivity index (χ3v) is 7.20. The van der Waals surface area contributed by atoms with Crippen molar-refractivity contribution >= 4 is 34.8 Å². The van der Waals surface area contributed by atoms with Crippen molar-refractivity contribution in [3.05, 3.63) is 50.5 Å². The number of ketones is 1. The van der Waals surface area contributed by atoms with Crippen LogP contribution in [-0.4, -0.2) is 70.3 Å². The molecule has 1 aliphatic heterocycles. The summed E-state index contributed by atoms with van der Waals surface area (Å²) in [7, 11) is 0. The van der Waals surface area contributed by atoms with Crippen LogP contribution in [0, 0.1) is 13.8 Å². The summed E-state index contributed by atoms with van der Waals surface area (Å²) in [6, 6.07) is 3.06. The van der Waals surface area contributed by atoms with E-state index in [0.717, 1.165) is 24.5 Å². The Morgan fingerprint density at radius 1 is 1.24 bits per heavy atom. The maximum atomic E-state index is 13.2. The van der Waals surface area contributed by atoms with Crippen LogP contribution in [-0.2, 0) is 14.3 Å². The number of Topliss-reactive ketones (excluding diaryl/α,β-unsaturated/α-hetero) is 1. The molecule has 3 rings (SSSR count). The van der Waals surface area contributed by atoms with Crippen molar-refractivity contribution in [2.75, 3.05) is 32.8 Å². The first-order valence-electron chi connectivity index (χ1n) is 11.7. The number of aryl methyl sites for hydroxylation is 1. The van der Waals surface area contributed by atoms with Crippen LogP contribution in [0.4, 0.5) is 0 Å². The fourth-order valence-electron chi connectivity index (χ4n) is 4.51. The summed E-state index contributed by atoms with van der Waals surface area (Å²) >= 11 is 1.43. The third-order valence-electron chi connectivity index (χ3n) is 6.27. The fraction of sp³-hybridized carbons (Fsp3) is 0.480. The molecule has 0 aromatic carbocycles. The lowest BCUT2D eigenvalue weighted by Crippen LogP contribution is -2.33. The van der Waals surface area contributed by atoms with Gasteiger partial charge in [0.15, 0.2) is 0 Å². The van der Waals surface area contributed by atoms with Crippen molar-refractivity contribution in [3.8, 4) is 0 Å². The zero-order valence-electron chi connectivity index (χ0n) is 20.4. The molecule has 184 valence electrons. The molecular weight excluding hydrogens is 454 g/mol. The molecule has 1 unspecified atom stereocenters. The van der Waals surface area contributed by atoms with Gasteiger partial charge in [-0.2, -0.15) is 0 Å². The zero-order valence-corrected chi connectivity index (χ0v) is 21.3. The molecule has 0 radical (unpaired) electrons. The molecule has 9 heteroatoms. The number of nitrogens with one attached hydrogen (secondary N) is 1. The van der Waals surface area contributed by atoms with Crippen molar-refractivity contribution < 1.29 is 24.2 Å². The van der Waals surface area contributed by atoms with Gasteiger partial charge in [-0.05, 0) is 63.8 Å². The average Bonchev–Trinajstić information content (AvgIpc) is 3.50. The molecule has 2 N–H and O–H groups in total. The normalized spacial score (nSPS) is 17.7. The lowest BCUT2D eigenvalue weighted by Gasteiger charge is -2.25. The number of rotatable bonds is 10. The second-order valence-corrected chi connectivity index (χ2v) is 9.21. The minimum absolute atomic E-state index is 0.0518. The van der Waals surface area contributed by atoms with Crippen LogP contribution in [0.3, 0.4) is 0 Å². The van der Waals surface area contributed by atoms with Crippen LogP contribution in [0.25, 0.3) is 5.76 Å². The SMILES string of the molecule is CCOC(=O)c1[nH]c(C)c(/C(O)=C2/C(=O)C(=O)N(CCCN(CC)CC)C2c2cccs2)c1C. The smallest absolute Gasteiger partial charge is 0.355 e. The number of aromatic amines is 1. The van der Waals surface area contributed by atoms with Crippen molar-refractivity contribution in [2.45, 2.75) is 47.1 Å². The first-order chi connectivity index (χ1) is 16.3. The molecule has 1 amide bonds. The molecule has 0 aliphatic carbocycles. The van der Waals surface area contributed by atoms with Crippen LogP contribution >= 0.6 is 11.3 Å². The number of nitrogens with zero attached hydrogens (tertiary/aromatic N) is 2. The van der Waals surface area contributed by atoms with Gasteiger partial charge in [0.25, 0.3) is 11.7 Å². The Balaban J connectivity index is 2.05. The number of ether oxygens (including phenoxy) is 1. The highest BCUT2D eigenvalue weighted by Crippen LogP contribution is 2.42. The molecule has 0 bridgehead atoms. The second-order valence-electron chi connectivity index (χ2n) is 8.23. The first kappa shape index (κ1) is 25.7. The summed E-state index contributed by atoms with van der Waals surface area (Å²) in [5.41, 5.74) is 1.63. The minimum Gasteiger partial charge on any atom is -0.507 e. The predicted molar refractivity (Wildman–Crippen MR) is 132 cm³/mol. The van der Waals surface area contributed by atoms with Gasteiger partial charge in [0, 0.05) is 22.7 Å². The Labute approximate surface area is 204 Å². The molecule has 2 aromatic rings. The number of hydrogen-bond acceptors (Lipinski definition) is 7. The maximum absolute atomic E-state index is 13.2. The van der Waals surface area contributed by atoms with E-state index in [9.17, 15) is 19.5 Å². The topological polar surface area (TPSA) is 103 Å². The number of aliphatic hydroxyl groups is 1. The first-order valence-corrected chi connectivity index (χ1v) is 12.5. The molecule has 1 saturated heterocycles. The number of aliphatic hydroxyl groups excluding tert-OH is 1. The molecule has 8 nitrogen and oxygen atoms in total. The summed E-state index contributed by atoms with van der Waals surface area (Å²) in [6.07, 6.45) is 0.714. The van der Waals surface area contributed by atoms with E-state index in [1.54, 1.807) is 25.7 Å². The summed E-state index contributed by atoms with van der Waals surface area (Å²) in [6.45, 7) is 12.6. The summed E-state index contributed by atoms with van der Waals surface area (Å²) in [5.74, 6) is -2.13. The van der Waals surface area contributed by atoms with Crippen LogP contribution < -0.4 is 0 Å². The number of carbonyl (C=O) groups is 3. The summed E-state index contributed by atoms with van der Waals surface area (Å²) in [5, 5.41) is 13.3. The summed E-state index contributed by atoms with van der Waals surface area (Å²) < 4.78 is 5.10. The Hall–Kier alpha value is -2.91. The Morgan fingerprint density at radius 2 is 1.94 bits per heavy atom. The van der Waals surface area contributed by atoms with E-state index in [-0.39, 0.29) is 23.6 Å². The van der Waals surface area contributed by atoms with E-state index in [4.69, 9.17) is 4.74 Å². The number of amides is 1. The zero-order chi connectivity index (χ0) is 25.0. The summed E-state index contributed by atoms with van der Waals surface area (Å²) in [4.78, 5) is 46.2. The van der Waals surface area contributed by atoms with E-state index >= 15 is 0 Å². The number of likely N-dealkylation sites (tertiary alicyclic amines) is 1. The van der Waals surface area contributed by atoms with Crippen LogP contribution in [0.1, 0.15) is 65.4 Å². The minimum atomic E-state index is -0.712. The Morgan fingerprint density at radius 3 is 2.53 bits per heavy atom. The van der Waals surface area contributed by atoms with Gasteiger partial charge < -0.3 is 24.6 Å². The van der Waals surface area contributed by atoms with Gasteiger partial charge in [-0.15, -0.1) is 11.3 Å². The number of aromatic nitrogens is 1. The molecule has 1 aliphatic rings. The van der Waals surface area contributed by atoms with Crippen molar-refractivity contribution in [3.63, 3.8) is 0 Å². The molecule has 34 heavy (non-hydrogen) atoms. The van der Waals surface area contributed by atoms with E-state index in [2.05, 4.69) is 23.7 Å². The van der Waals surface area contributed by atoms with Gasteiger partial charge in [-0.1, -0.05) is 19.9 Å². The van der Waals surface area contributed by atoms with Crippen LogP contribution in [0.2, 0.25) is 0 Å². The van der Waals surface area contributed by atoms with Gasteiger partial charge in [-0.25, -0.2) is 4.79 Å². The van der Waals surface area contributed by atoms with E-state index in [0.29, 0.717) is 29.8 Å². The van der Waals surface area contributed by atoms with Gasteiger partial charge in [-0.3, -0.25) is 9.59 Å². The van der Waals surface area contributed by atoms with Gasteiger partial charge in [0.05, 0.1) is 18.2 Å². The number of H-pyrrole nitrogens is 1. The molecule has 2 aromatic heterocycles. The highest BCUT2D eigenvalue weighted by molar-refractivity contribution is 7.10. The monoisotopic (exact) mass is 487 g/mol. The van der Waals surface area contributed by atoms with E-state index in [1.165, 1.54) is 11.3 Å². The third kappa shape index (κ3) is 4.81. The van der Waals surface area contributed by atoms with E-state index in [1.807, 2.05) is 17.5 Å². The van der Waals surface area contributed by atoms with Gasteiger partial charge >= 0.3 is 5.97 Å². The maximum Gasteiger partial charge on any atom is 0.355 e. The largest absolute Gasteiger partial charge is 0.507 e. The molecule has 3 heterocycles. The van der Waals surface area contributed by atoms with Gasteiger partial charge in [0.2, 0.25) is 0 Å².